The van der Waals surface area contributed by atoms with Gasteiger partial charge in [-0.05, 0) is 17.7 Å². The maximum atomic E-state index is 5.58. The SMILES string of the molecule is Clc1ncc2cnccc2n1. The molecule has 11 heavy (non-hydrogen) atoms. The van der Waals surface area contributed by atoms with Crippen LogP contribution in [0.25, 0.3) is 10.9 Å². The van der Waals surface area contributed by atoms with Crippen molar-refractivity contribution in [1.29, 1.82) is 0 Å². The van der Waals surface area contributed by atoms with E-state index in [1.54, 1.807) is 24.7 Å². The van der Waals surface area contributed by atoms with Gasteiger partial charge in [0.15, 0.2) is 0 Å². The molecule has 0 radical (unpaired) electrons. The lowest BCUT2D eigenvalue weighted by molar-refractivity contribution is 1.21. The quantitative estimate of drug-likeness (QED) is 0.558. The van der Waals surface area contributed by atoms with Gasteiger partial charge < -0.3 is 0 Å². The van der Waals surface area contributed by atoms with Crippen LogP contribution in [-0.4, -0.2) is 15.0 Å². The molecule has 2 aromatic rings. The van der Waals surface area contributed by atoms with Crippen molar-refractivity contribution in [1.82, 2.24) is 15.0 Å². The zero-order valence-corrected chi connectivity index (χ0v) is 6.28. The van der Waals surface area contributed by atoms with E-state index in [0.29, 0.717) is 0 Å². The van der Waals surface area contributed by atoms with E-state index in [1.807, 2.05) is 0 Å². The smallest absolute Gasteiger partial charge is 0.222 e. The molecule has 3 nitrogen and oxygen atoms in total. The topological polar surface area (TPSA) is 38.7 Å². The van der Waals surface area contributed by atoms with E-state index in [-0.39, 0.29) is 5.28 Å². The summed E-state index contributed by atoms with van der Waals surface area (Å²) in [6, 6.07) is 1.79. The van der Waals surface area contributed by atoms with Crippen LogP contribution >= 0.6 is 11.6 Å². The summed E-state index contributed by atoms with van der Waals surface area (Å²) < 4.78 is 0. The van der Waals surface area contributed by atoms with Gasteiger partial charge in [0.25, 0.3) is 0 Å². The molecule has 0 unspecified atom stereocenters. The predicted octanol–water partition coefficient (Wildman–Crippen LogP) is 1.68. The normalized spacial score (nSPS) is 10.3. The van der Waals surface area contributed by atoms with E-state index < -0.39 is 0 Å². The summed E-state index contributed by atoms with van der Waals surface area (Å²) >= 11 is 5.58. The fraction of sp³-hybridized carbons (Fsp3) is 0. The Labute approximate surface area is 68.1 Å². The minimum absolute atomic E-state index is 0.267. The first-order chi connectivity index (χ1) is 5.36. The maximum Gasteiger partial charge on any atom is 0.222 e. The lowest BCUT2D eigenvalue weighted by Crippen LogP contribution is -1.83. The third-order valence-corrected chi connectivity index (χ3v) is 1.53. The molecule has 0 saturated heterocycles. The number of rotatable bonds is 0. The Balaban J connectivity index is 2.83. The lowest BCUT2D eigenvalue weighted by atomic mass is 10.3. The second-order valence-corrected chi connectivity index (χ2v) is 2.41. The number of halogens is 1. The van der Waals surface area contributed by atoms with Crippen molar-refractivity contribution in [2.75, 3.05) is 0 Å². The molecular formula is C7H4ClN3. The van der Waals surface area contributed by atoms with Crippen LogP contribution in [0.1, 0.15) is 0 Å². The van der Waals surface area contributed by atoms with Crippen molar-refractivity contribution < 1.29 is 0 Å². The standard InChI is InChI=1S/C7H4ClN3/c8-7-10-4-5-3-9-2-1-6(5)11-7/h1-4H. The summed E-state index contributed by atoms with van der Waals surface area (Å²) in [4.78, 5) is 11.7. The van der Waals surface area contributed by atoms with Gasteiger partial charge in [-0.1, -0.05) is 0 Å². The van der Waals surface area contributed by atoms with E-state index in [9.17, 15) is 0 Å². The highest BCUT2D eigenvalue weighted by Gasteiger charge is 1.94. The van der Waals surface area contributed by atoms with Gasteiger partial charge in [-0.15, -0.1) is 0 Å². The van der Waals surface area contributed by atoms with Gasteiger partial charge in [-0.2, -0.15) is 0 Å². The number of fused-ring (bicyclic) bond motifs is 1. The van der Waals surface area contributed by atoms with Crippen LogP contribution in [0.3, 0.4) is 0 Å². The van der Waals surface area contributed by atoms with E-state index in [2.05, 4.69) is 15.0 Å². The van der Waals surface area contributed by atoms with Gasteiger partial charge in [-0.25, -0.2) is 9.97 Å². The fourth-order valence-corrected chi connectivity index (χ4v) is 0.992. The van der Waals surface area contributed by atoms with E-state index in [1.165, 1.54) is 0 Å². The van der Waals surface area contributed by atoms with Crippen LogP contribution in [-0.2, 0) is 0 Å². The Morgan fingerprint density at radius 2 is 2.18 bits per heavy atom. The second-order valence-electron chi connectivity index (χ2n) is 2.07. The highest BCUT2D eigenvalue weighted by molar-refractivity contribution is 6.28. The van der Waals surface area contributed by atoms with Gasteiger partial charge in [0.2, 0.25) is 5.28 Å². The largest absolute Gasteiger partial charge is 0.264 e. The molecule has 0 amide bonds. The Kier molecular flexibility index (Phi) is 1.43. The molecule has 0 saturated carbocycles. The molecule has 54 valence electrons. The molecule has 0 spiro atoms. The summed E-state index contributed by atoms with van der Waals surface area (Å²) in [5, 5.41) is 1.17. The molecule has 0 fully saturated rings. The number of pyridine rings is 1. The van der Waals surface area contributed by atoms with Crippen molar-refractivity contribution >= 4 is 22.5 Å². The number of aromatic nitrogens is 3. The van der Waals surface area contributed by atoms with Crippen LogP contribution in [0.15, 0.2) is 24.7 Å². The summed E-state index contributed by atoms with van der Waals surface area (Å²) in [7, 11) is 0. The predicted molar refractivity (Wildman–Crippen MR) is 42.3 cm³/mol. The monoisotopic (exact) mass is 165 g/mol. The van der Waals surface area contributed by atoms with Gasteiger partial charge in [0.1, 0.15) is 0 Å². The molecule has 0 aliphatic carbocycles. The first kappa shape index (κ1) is 6.49. The molecule has 2 rings (SSSR count). The second kappa shape index (κ2) is 2.43. The van der Waals surface area contributed by atoms with Crippen molar-refractivity contribution in [3.8, 4) is 0 Å². The van der Waals surface area contributed by atoms with E-state index in [4.69, 9.17) is 11.6 Å². The molecule has 0 aliphatic heterocycles. The summed E-state index contributed by atoms with van der Waals surface area (Å²) in [6.07, 6.45) is 5.02. The van der Waals surface area contributed by atoms with Crippen LogP contribution in [0.5, 0.6) is 0 Å². The zero-order chi connectivity index (χ0) is 7.68. The number of hydrogen-bond acceptors (Lipinski definition) is 3. The Morgan fingerprint density at radius 1 is 1.27 bits per heavy atom. The molecule has 0 aliphatic rings. The van der Waals surface area contributed by atoms with Crippen LogP contribution in [0, 0.1) is 0 Å². The molecule has 0 N–H and O–H groups in total. The minimum atomic E-state index is 0.267. The molecule has 2 heterocycles. The first-order valence-corrected chi connectivity index (χ1v) is 3.46. The minimum Gasteiger partial charge on any atom is -0.264 e. The third-order valence-electron chi connectivity index (χ3n) is 1.35. The van der Waals surface area contributed by atoms with Gasteiger partial charge in [0, 0.05) is 24.0 Å². The average molecular weight is 166 g/mol. The third kappa shape index (κ3) is 1.14. The summed E-state index contributed by atoms with van der Waals surface area (Å²) in [6.45, 7) is 0. The Morgan fingerprint density at radius 3 is 3.09 bits per heavy atom. The highest BCUT2D eigenvalue weighted by atomic mass is 35.5. The lowest BCUT2D eigenvalue weighted by Gasteiger charge is -1.93. The fourth-order valence-electron chi connectivity index (χ4n) is 0.852. The summed E-state index contributed by atoms with van der Waals surface area (Å²) in [5.41, 5.74) is 0.819. The summed E-state index contributed by atoms with van der Waals surface area (Å²) in [5.74, 6) is 0. The van der Waals surface area contributed by atoms with E-state index >= 15 is 0 Å². The molecule has 4 heteroatoms. The molecule has 0 aromatic carbocycles. The van der Waals surface area contributed by atoms with Crippen LogP contribution < -0.4 is 0 Å². The van der Waals surface area contributed by atoms with Crippen molar-refractivity contribution in [2.45, 2.75) is 0 Å². The first-order valence-electron chi connectivity index (χ1n) is 3.08. The Hall–Kier alpha value is -1.22. The highest BCUT2D eigenvalue weighted by Crippen LogP contribution is 2.09. The number of hydrogen-bond donors (Lipinski definition) is 0. The maximum absolute atomic E-state index is 5.58. The van der Waals surface area contributed by atoms with Crippen molar-refractivity contribution in [3.05, 3.63) is 29.9 Å². The number of nitrogens with zero attached hydrogens (tertiary/aromatic N) is 3. The van der Waals surface area contributed by atoms with Gasteiger partial charge in [-0.3, -0.25) is 4.98 Å². The molecule has 0 atom stereocenters. The molecule has 0 bridgehead atoms. The Bertz CT molecular complexity index is 388. The van der Waals surface area contributed by atoms with Gasteiger partial charge >= 0.3 is 0 Å². The van der Waals surface area contributed by atoms with Crippen molar-refractivity contribution in [3.63, 3.8) is 0 Å². The van der Waals surface area contributed by atoms with Crippen molar-refractivity contribution in [2.24, 2.45) is 0 Å². The zero-order valence-electron chi connectivity index (χ0n) is 5.53. The van der Waals surface area contributed by atoms with E-state index in [0.717, 1.165) is 10.9 Å². The van der Waals surface area contributed by atoms with Gasteiger partial charge in [0.05, 0.1) is 5.52 Å². The van der Waals surface area contributed by atoms with Crippen LogP contribution in [0.4, 0.5) is 0 Å². The molecule has 2 aromatic heterocycles. The van der Waals surface area contributed by atoms with Crippen LogP contribution in [0.2, 0.25) is 5.28 Å². The molecular weight excluding hydrogens is 162 g/mol. The average Bonchev–Trinajstić information content (AvgIpc) is 2.04.